The van der Waals surface area contributed by atoms with Crippen LogP contribution < -0.4 is 0 Å². The number of rotatable bonds is 5. The number of hydrogen-bond acceptors (Lipinski definition) is 3. The molecule has 2 saturated heterocycles. The van der Waals surface area contributed by atoms with Crippen molar-refractivity contribution < 1.29 is 9.90 Å². The lowest BCUT2D eigenvalue weighted by Crippen LogP contribution is -2.40. The van der Waals surface area contributed by atoms with Crippen molar-refractivity contribution in [2.24, 2.45) is 0 Å². The van der Waals surface area contributed by atoms with Crippen molar-refractivity contribution in [3.05, 3.63) is 34.9 Å². The van der Waals surface area contributed by atoms with Crippen LogP contribution in [0.25, 0.3) is 0 Å². The van der Waals surface area contributed by atoms with Crippen molar-refractivity contribution in [2.75, 3.05) is 26.2 Å². The van der Waals surface area contributed by atoms with Crippen LogP contribution in [0.5, 0.6) is 0 Å². The van der Waals surface area contributed by atoms with Gasteiger partial charge in [0, 0.05) is 37.1 Å². The number of nitrogens with zero attached hydrogens (tertiary/aromatic N) is 2. The summed E-state index contributed by atoms with van der Waals surface area (Å²) in [6.07, 6.45) is 3.23. The maximum Gasteiger partial charge on any atom is 0.222 e. The van der Waals surface area contributed by atoms with Crippen molar-refractivity contribution >= 4 is 17.5 Å². The monoisotopic (exact) mass is 322 g/mol. The van der Waals surface area contributed by atoms with Crippen LogP contribution in [0, 0.1) is 0 Å². The van der Waals surface area contributed by atoms with Crippen LogP contribution in [0.1, 0.15) is 37.3 Å². The predicted octanol–water partition coefficient (Wildman–Crippen LogP) is 2.46. The molecule has 2 aliphatic rings. The first-order valence-electron chi connectivity index (χ1n) is 8.09. The second-order valence-electron chi connectivity index (χ2n) is 6.27. The molecule has 3 rings (SSSR count). The van der Waals surface area contributed by atoms with Crippen molar-refractivity contribution in [1.29, 1.82) is 0 Å². The topological polar surface area (TPSA) is 43.8 Å². The molecule has 0 saturated carbocycles. The molecule has 1 aromatic carbocycles. The number of aliphatic hydroxyl groups is 1. The first kappa shape index (κ1) is 15.8. The second kappa shape index (κ2) is 6.99. The van der Waals surface area contributed by atoms with E-state index in [9.17, 15) is 9.90 Å². The highest BCUT2D eigenvalue weighted by Crippen LogP contribution is 2.35. The van der Waals surface area contributed by atoms with E-state index in [1.54, 1.807) is 4.90 Å². The van der Waals surface area contributed by atoms with Crippen molar-refractivity contribution in [1.82, 2.24) is 9.80 Å². The van der Waals surface area contributed by atoms with Crippen LogP contribution in [0.3, 0.4) is 0 Å². The lowest BCUT2D eigenvalue weighted by Gasteiger charge is -2.29. The Morgan fingerprint density at radius 1 is 1.23 bits per heavy atom. The van der Waals surface area contributed by atoms with E-state index in [-0.39, 0.29) is 11.9 Å². The average Bonchev–Trinajstić information content (AvgIpc) is 3.10. The molecule has 0 bridgehead atoms. The van der Waals surface area contributed by atoms with E-state index in [2.05, 4.69) is 11.0 Å². The Balaban J connectivity index is 1.61. The summed E-state index contributed by atoms with van der Waals surface area (Å²) in [7, 11) is 0. The standard InChI is InChI=1S/C17H23ClN2O2/c18-15-6-2-1-5-14(15)16-7-3-9-19(16)11-13(21)12-20-10-4-8-17(20)22/h1-2,5-6,13,16,21H,3-4,7-12H2. The molecule has 2 fully saturated rings. The summed E-state index contributed by atoms with van der Waals surface area (Å²) >= 11 is 6.32. The normalized spacial score (nSPS) is 24.2. The molecular weight excluding hydrogens is 300 g/mol. The number of likely N-dealkylation sites (tertiary alicyclic amines) is 2. The van der Waals surface area contributed by atoms with Gasteiger partial charge in [-0.1, -0.05) is 29.8 Å². The van der Waals surface area contributed by atoms with Crippen LogP contribution in [-0.2, 0) is 4.79 Å². The lowest BCUT2D eigenvalue weighted by atomic mass is 10.0. The number of hydrogen-bond donors (Lipinski definition) is 1. The fraction of sp³-hybridized carbons (Fsp3) is 0.588. The molecule has 1 aromatic rings. The molecule has 4 nitrogen and oxygen atoms in total. The Labute approximate surface area is 136 Å². The van der Waals surface area contributed by atoms with Gasteiger partial charge < -0.3 is 10.0 Å². The van der Waals surface area contributed by atoms with E-state index in [0.29, 0.717) is 19.5 Å². The largest absolute Gasteiger partial charge is 0.390 e. The Kier molecular flexibility index (Phi) is 5.01. The van der Waals surface area contributed by atoms with Gasteiger partial charge in [0.2, 0.25) is 5.91 Å². The van der Waals surface area contributed by atoms with Crippen LogP contribution in [-0.4, -0.2) is 53.1 Å². The highest BCUT2D eigenvalue weighted by Gasteiger charge is 2.30. The number of benzene rings is 1. The van der Waals surface area contributed by atoms with E-state index in [1.807, 2.05) is 18.2 Å². The van der Waals surface area contributed by atoms with Crippen LogP contribution >= 0.6 is 11.6 Å². The molecular formula is C17H23ClN2O2. The molecule has 0 aliphatic carbocycles. The second-order valence-corrected chi connectivity index (χ2v) is 6.68. The molecule has 2 unspecified atom stereocenters. The van der Waals surface area contributed by atoms with E-state index >= 15 is 0 Å². The maximum absolute atomic E-state index is 11.7. The summed E-state index contributed by atoms with van der Waals surface area (Å²) in [6, 6.07) is 8.22. The Hall–Kier alpha value is -1.10. The molecule has 1 N–H and O–H groups in total. The number of β-amino-alcohol motifs (C(OH)–C–C–N with tert-alkyl or cyclic N) is 1. The SMILES string of the molecule is O=C1CCCN1CC(O)CN1CCCC1c1ccccc1Cl. The fourth-order valence-electron chi connectivity index (χ4n) is 3.62. The minimum absolute atomic E-state index is 0.170. The molecule has 5 heteroatoms. The molecule has 0 radical (unpaired) electrons. The highest BCUT2D eigenvalue weighted by atomic mass is 35.5. The van der Waals surface area contributed by atoms with Gasteiger partial charge in [0.1, 0.15) is 0 Å². The van der Waals surface area contributed by atoms with E-state index < -0.39 is 6.10 Å². The first-order valence-corrected chi connectivity index (χ1v) is 8.47. The fourth-order valence-corrected chi connectivity index (χ4v) is 3.88. The maximum atomic E-state index is 11.7. The summed E-state index contributed by atoms with van der Waals surface area (Å²) in [5, 5.41) is 11.1. The molecule has 2 aliphatic heterocycles. The molecule has 0 aromatic heterocycles. The van der Waals surface area contributed by atoms with Gasteiger partial charge in [0.05, 0.1) is 6.10 Å². The molecule has 2 atom stereocenters. The van der Waals surface area contributed by atoms with Gasteiger partial charge >= 0.3 is 0 Å². The zero-order valence-corrected chi connectivity index (χ0v) is 13.5. The molecule has 2 heterocycles. The summed E-state index contributed by atoms with van der Waals surface area (Å²) in [5.74, 6) is 0.170. The van der Waals surface area contributed by atoms with Crippen LogP contribution in [0.15, 0.2) is 24.3 Å². The van der Waals surface area contributed by atoms with Crippen molar-refractivity contribution in [3.8, 4) is 0 Å². The third kappa shape index (κ3) is 3.45. The van der Waals surface area contributed by atoms with Crippen LogP contribution in [0.2, 0.25) is 5.02 Å². The van der Waals surface area contributed by atoms with Crippen molar-refractivity contribution in [2.45, 2.75) is 37.8 Å². The summed E-state index contributed by atoms with van der Waals surface area (Å²) < 4.78 is 0. The van der Waals surface area contributed by atoms with Gasteiger partial charge in [-0.3, -0.25) is 9.69 Å². The molecule has 22 heavy (non-hydrogen) atoms. The minimum Gasteiger partial charge on any atom is -0.390 e. The third-order valence-electron chi connectivity index (χ3n) is 4.68. The van der Waals surface area contributed by atoms with Gasteiger partial charge in [-0.2, -0.15) is 0 Å². The molecule has 0 spiro atoms. The number of amides is 1. The van der Waals surface area contributed by atoms with E-state index in [1.165, 1.54) is 0 Å². The number of carbonyl (C=O) groups excluding carboxylic acids is 1. The summed E-state index contributed by atoms with van der Waals surface area (Å²) in [5.41, 5.74) is 1.14. The Morgan fingerprint density at radius 2 is 2.05 bits per heavy atom. The molecule has 1 amide bonds. The van der Waals surface area contributed by atoms with Gasteiger partial charge in [-0.25, -0.2) is 0 Å². The van der Waals surface area contributed by atoms with Crippen molar-refractivity contribution in [3.63, 3.8) is 0 Å². The smallest absolute Gasteiger partial charge is 0.222 e. The van der Waals surface area contributed by atoms with Gasteiger partial charge in [-0.05, 0) is 37.4 Å². The lowest BCUT2D eigenvalue weighted by molar-refractivity contribution is -0.129. The highest BCUT2D eigenvalue weighted by molar-refractivity contribution is 6.31. The van der Waals surface area contributed by atoms with Crippen LogP contribution in [0.4, 0.5) is 0 Å². The van der Waals surface area contributed by atoms with Gasteiger partial charge in [0.15, 0.2) is 0 Å². The number of halogens is 1. The number of aliphatic hydroxyl groups excluding tert-OH is 1. The number of carbonyl (C=O) groups is 1. The minimum atomic E-state index is -0.495. The zero-order valence-electron chi connectivity index (χ0n) is 12.7. The van der Waals surface area contributed by atoms with E-state index in [0.717, 1.165) is 42.9 Å². The summed E-state index contributed by atoms with van der Waals surface area (Å²) in [6.45, 7) is 2.80. The Morgan fingerprint density at radius 3 is 2.77 bits per heavy atom. The van der Waals surface area contributed by atoms with E-state index in [4.69, 9.17) is 11.6 Å². The predicted molar refractivity (Wildman–Crippen MR) is 86.8 cm³/mol. The third-order valence-corrected chi connectivity index (χ3v) is 5.02. The molecule has 120 valence electrons. The van der Waals surface area contributed by atoms with Gasteiger partial charge in [0.25, 0.3) is 0 Å². The van der Waals surface area contributed by atoms with Gasteiger partial charge in [-0.15, -0.1) is 0 Å². The zero-order chi connectivity index (χ0) is 15.5. The summed E-state index contributed by atoms with van der Waals surface area (Å²) in [4.78, 5) is 15.7. The average molecular weight is 323 g/mol. The quantitative estimate of drug-likeness (QED) is 0.905. The Bertz CT molecular complexity index is 537. The first-order chi connectivity index (χ1) is 10.6.